The molecule has 0 aliphatic carbocycles. The van der Waals surface area contributed by atoms with Gasteiger partial charge in [-0.3, -0.25) is 4.79 Å². The molecule has 1 rings (SSSR count). The molecule has 0 spiro atoms. The molecule has 0 aromatic carbocycles. The van der Waals surface area contributed by atoms with E-state index in [4.69, 9.17) is 18.9 Å². The monoisotopic (exact) mass is 683 g/mol. The fourth-order valence-electron chi connectivity index (χ4n) is 6.42. The van der Waals surface area contributed by atoms with Gasteiger partial charge in [-0.1, -0.05) is 136 Å². The molecule has 7 nitrogen and oxygen atoms in total. The summed E-state index contributed by atoms with van der Waals surface area (Å²) in [7, 11) is 2.18. The summed E-state index contributed by atoms with van der Waals surface area (Å²) >= 11 is 0. The van der Waals surface area contributed by atoms with Crippen molar-refractivity contribution >= 4 is 5.97 Å². The SMILES string of the molecule is CCCCCCCCCOCC(COCCCCCCCCC)(COCCCCCCCCC)COC(=O)CCCN1CCN(C)CC1. The van der Waals surface area contributed by atoms with Gasteiger partial charge in [0.05, 0.1) is 25.2 Å². The zero-order valence-electron chi connectivity index (χ0n) is 32.7. The van der Waals surface area contributed by atoms with Crippen LogP contribution in [0.2, 0.25) is 0 Å². The number of unbranched alkanes of at least 4 members (excludes halogenated alkanes) is 18. The Hall–Kier alpha value is -0.730. The molecule has 0 bridgehead atoms. The zero-order chi connectivity index (χ0) is 34.8. The first-order valence-corrected chi connectivity index (χ1v) is 20.8. The molecule has 1 fully saturated rings. The van der Waals surface area contributed by atoms with Crippen LogP contribution in [0.25, 0.3) is 0 Å². The van der Waals surface area contributed by atoms with Gasteiger partial charge in [0.15, 0.2) is 0 Å². The van der Waals surface area contributed by atoms with E-state index in [1.165, 1.54) is 116 Å². The number of nitrogens with zero attached hydrogens (tertiary/aromatic N) is 2. The normalized spacial score (nSPS) is 14.6. The summed E-state index contributed by atoms with van der Waals surface area (Å²) in [5, 5.41) is 0. The van der Waals surface area contributed by atoms with Crippen LogP contribution in [-0.2, 0) is 23.7 Å². The Balaban J connectivity index is 2.67. The lowest BCUT2D eigenvalue weighted by Gasteiger charge is -2.33. The quantitative estimate of drug-likeness (QED) is 0.0482. The van der Waals surface area contributed by atoms with Crippen molar-refractivity contribution in [1.29, 1.82) is 0 Å². The number of esters is 1. The van der Waals surface area contributed by atoms with Gasteiger partial charge in [0, 0.05) is 52.4 Å². The molecule has 1 aliphatic heterocycles. The van der Waals surface area contributed by atoms with E-state index >= 15 is 0 Å². The van der Waals surface area contributed by atoms with E-state index < -0.39 is 5.41 Å². The third-order valence-corrected chi connectivity index (χ3v) is 9.89. The first-order chi connectivity index (χ1) is 23.5. The highest BCUT2D eigenvalue weighted by atomic mass is 16.5. The predicted molar refractivity (Wildman–Crippen MR) is 203 cm³/mol. The minimum atomic E-state index is -0.476. The van der Waals surface area contributed by atoms with Crippen LogP contribution in [0.3, 0.4) is 0 Å². The number of ether oxygens (including phenoxy) is 4. The Morgan fingerprint density at radius 2 is 0.875 bits per heavy atom. The van der Waals surface area contributed by atoms with Crippen LogP contribution in [0.4, 0.5) is 0 Å². The van der Waals surface area contributed by atoms with E-state index in [1.54, 1.807) is 0 Å². The highest BCUT2D eigenvalue weighted by Crippen LogP contribution is 2.23. The second-order valence-corrected chi connectivity index (χ2v) is 14.9. The molecule has 1 aliphatic rings. The average molecular weight is 683 g/mol. The number of carbonyl (C=O) groups is 1. The Kier molecular flexibility index (Phi) is 31.5. The molecule has 0 aromatic heterocycles. The van der Waals surface area contributed by atoms with E-state index in [0.717, 1.165) is 78.2 Å². The highest BCUT2D eigenvalue weighted by molar-refractivity contribution is 5.69. The molecule has 7 heteroatoms. The lowest BCUT2D eigenvalue weighted by atomic mass is 9.92. The molecule has 0 atom stereocenters. The van der Waals surface area contributed by atoms with Crippen LogP contribution in [0.5, 0.6) is 0 Å². The minimum absolute atomic E-state index is 0.111. The van der Waals surface area contributed by atoms with Crippen LogP contribution in [0.15, 0.2) is 0 Å². The largest absolute Gasteiger partial charge is 0.465 e. The molecule has 0 aromatic rings. The van der Waals surface area contributed by atoms with Crippen molar-refractivity contribution in [1.82, 2.24) is 9.80 Å². The number of hydrogen-bond donors (Lipinski definition) is 0. The Morgan fingerprint density at radius 1 is 0.500 bits per heavy atom. The molecular formula is C41H82N2O5. The van der Waals surface area contributed by atoms with Crippen molar-refractivity contribution in [3.8, 4) is 0 Å². The lowest BCUT2D eigenvalue weighted by Crippen LogP contribution is -2.44. The predicted octanol–water partition coefficient (Wildman–Crippen LogP) is 9.85. The summed E-state index contributed by atoms with van der Waals surface area (Å²) in [6.07, 6.45) is 27.9. The summed E-state index contributed by atoms with van der Waals surface area (Å²) in [6.45, 7) is 16.2. The maximum Gasteiger partial charge on any atom is 0.305 e. The zero-order valence-corrected chi connectivity index (χ0v) is 32.7. The fourth-order valence-corrected chi connectivity index (χ4v) is 6.42. The molecule has 0 unspecified atom stereocenters. The fraction of sp³-hybridized carbons (Fsp3) is 0.976. The number of rotatable bonds is 36. The van der Waals surface area contributed by atoms with Crippen molar-refractivity contribution in [2.75, 3.05) is 86.0 Å². The summed E-state index contributed by atoms with van der Waals surface area (Å²) < 4.78 is 25.0. The summed E-state index contributed by atoms with van der Waals surface area (Å²) in [5.41, 5.74) is -0.476. The van der Waals surface area contributed by atoms with E-state index in [0.29, 0.717) is 32.8 Å². The first kappa shape index (κ1) is 45.3. The van der Waals surface area contributed by atoms with Crippen molar-refractivity contribution in [3.05, 3.63) is 0 Å². The van der Waals surface area contributed by atoms with E-state index in [-0.39, 0.29) is 5.97 Å². The molecular weight excluding hydrogens is 600 g/mol. The standard InChI is InChI=1S/C41H82N2O5/c1-5-8-11-14-17-20-23-33-45-36-41(37-46-34-24-21-18-15-12-9-6-2,38-47-35-25-22-19-16-13-10-7-3)39-48-40(44)27-26-28-43-31-29-42(4)30-32-43/h5-39H2,1-4H3. The van der Waals surface area contributed by atoms with Crippen molar-refractivity contribution in [2.45, 2.75) is 168 Å². The first-order valence-electron chi connectivity index (χ1n) is 20.8. The van der Waals surface area contributed by atoms with Crippen molar-refractivity contribution in [2.24, 2.45) is 5.41 Å². The molecule has 0 radical (unpaired) electrons. The average Bonchev–Trinajstić information content (AvgIpc) is 3.09. The highest BCUT2D eigenvalue weighted by Gasteiger charge is 2.34. The second kappa shape index (κ2) is 33.4. The van der Waals surface area contributed by atoms with Crippen molar-refractivity contribution < 1.29 is 23.7 Å². The van der Waals surface area contributed by atoms with Gasteiger partial charge in [0.1, 0.15) is 6.61 Å². The van der Waals surface area contributed by atoms with Gasteiger partial charge in [-0.05, 0) is 39.3 Å². The topological polar surface area (TPSA) is 60.5 Å². The molecule has 48 heavy (non-hydrogen) atoms. The van der Waals surface area contributed by atoms with Crippen molar-refractivity contribution in [3.63, 3.8) is 0 Å². The summed E-state index contributed by atoms with van der Waals surface area (Å²) in [6, 6.07) is 0. The molecule has 0 amide bonds. The Bertz CT molecular complexity index is 631. The molecule has 1 saturated heterocycles. The lowest BCUT2D eigenvalue weighted by molar-refractivity contribution is -0.156. The third kappa shape index (κ3) is 27.1. The molecule has 0 saturated carbocycles. The van der Waals surface area contributed by atoms with E-state index in [2.05, 4.69) is 37.6 Å². The minimum Gasteiger partial charge on any atom is -0.465 e. The third-order valence-electron chi connectivity index (χ3n) is 9.89. The van der Waals surface area contributed by atoms with E-state index in [1.807, 2.05) is 0 Å². The van der Waals surface area contributed by atoms with Crippen LogP contribution >= 0.6 is 0 Å². The summed E-state index contributed by atoms with van der Waals surface area (Å²) in [5.74, 6) is -0.111. The van der Waals surface area contributed by atoms with Gasteiger partial charge in [-0.2, -0.15) is 0 Å². The van der Waals surface area contributed by atoms with Crippen LogP contribution in [0.1, 0.15) is 168 Å². The maximum atomic E-state index is 13.0. The van der Waals surface area contributed by atoms with E-state index in [9.17, 15) is 4.79 Å². The van der Waals surface area contributed by atoms with Gasteiger partial charge in [0.25, 0.3) is 0 Å². The smallest absolute Gasteiger partial charge is 0.305 e. The van der Waals surface area contributed by atoms with Gasteiger partial charge >= 0.3 is 5.97 Å². The summed E-state index contributed by atoms with van der Waals surface area (Å²) in [4.78, 5) is 17.8. The Labute approximate surface area is 298 Å². The van der Waals surface area contributed by atoms with Crippen LogP contribution in [-0.4, -0.2) is 102 Å². The van der Waals surface area contributed by atoms with Gasteiger partial charge < -0.3 is 28.7 Å². The maximum absolute atomic E-state index is 13.0. The molecule has 1 heterocycles. The number of hydrogen-bond acceptors (Lipinski definition) is 7. The number of piperazine rings is 1. The second-order valence-electron chi connectivity index (χ2n) is 14.9. The van der Waals surface area contributed by atoms with Gasteiger partial charge in [-0.25, -0.2) is 0 Å². The van der Waals surface area contributed by atoms with Crippen LogP contribution < -0.4 is 0 Å². The van der Waals surface area contributed by atoms with Gasteiger partial charge in [0.2, 0.25) is 0 Å². The van der Waals surface area contributed by atoms with Crippen LogP contribution in [0, 0.1) is 5.41 Å². The number of likely N-dealkylation sites (N-methyl/N-ethyl adjacent to an activating group) is 1. The Morgan fingerprint density at radius 3 is 1.27 bits per heavy atom. The number of carbonyl (C=O) groups excluding carboxylic acids is 1. The molecule has 286 valence electrons. The molecule has 0 N–H and O–H groups in total. The van der Waals surface area contributed by atoms with Gasteiger partial charge in [-0.15, -0.1) is 0 Å².